The predicted octanol–water partition coefficient (Wildman–Crippen LogP) is 0.723. The first-order valence-corrected chi connectivity index (χ1v) is 6.16. The summed E-state index contributed by atoms with van der Waals surface area (Å²) >= 11 is 0. The van der Waals surface area contributed by atoms with Gasteiger partial charge >= 0.3 is 0 Å². The SMILES string of the molecule is Cc1nonc1OCCNC(=O)c1onc2ncccc12. The molecular formula is C12H11N5O4. The van der Waals surface area contributed by atoms with Gasteiger partial charge in [0.25, 0.3) is 11.8 Å². The van der Waals surface area contributed by atoms with Crippen LogP contribution in [-0.2, 0) is 0 Å². The summed E-state index contributed by atoms with van der Waals surface area (Å²) in [7, 11) is 0. The highest BCUT2D eigenvalue weighted by atomic mass is 16.6. The quantitative estimate of drug-likeness (QED) is 0.683. The fourth-order valence-electron chi connectivity index (χ4n) is 1.70. The lowest BCUT2D eigenvalue weighted by atomic mass is 10.2. The molecule has 0 aliphatic carbocycles. The molecule has 0 fully saturated rings. The average Bonchev–Trinajstić information content (AvgIpc) is 3.10. The molecule has 3 rings (SSSR count). The van der Waals surface area contributed by atoms with E-state index in [2.05, 4.69) is 30.4 Å². The van der Waals surface area contributed by atoms with Crippen LogP contribution in [0.3, 0.4) is 0 Å². The zero-order valence-electron chi connectivity index (χ0n) is 11.1. The number of carbonyl (C=O) groups excluding carboxylic acids is 1. The molecule has 0 atom stereocenters. The van der Waals surface area contributed by atoms with Crippen molar-refractivity contribution in [3.05, 3.63) is 29.8 Å². The van der Waals surface area contributed by atoms with Gasteiger partial charge in [0.15, 0.2) is 0 Å². The van der Waals surface area contributed by atoms with E-state index in [1.165, 1.54) is 0 Å². The smallest absolute Gasteiger partial charge is 0.290 e. The third-order valence-corrected chi connectivity index (χ3v) is 2.70. The number of nitrogens with zero attached hydrogens (tertiary/aromatic N) is 4. The van der Waals surface area contributed by atoms with Crippen molar-refractivity contribution >= 4 is 16.9 Å². The fourth-order valence-corrected chi connectivity index (χ4v) is 1.70. The zero-order chi connectivity index (χ0) is 14.7. The summed E-state index contributed by atoms with van der Waals surface area (Å²) in [6, 6.07) is 3.43. The highest BCUT2D eigenvalue weighted by molar-refractivity contribution is 6.02. The number of hydrogen-bond donors (Lipinski definition) is 1. The molecule has 1 amide bonds. The van der Waals surface area contributed by atoms with Gasteiger partial charge < -0.3 is 14.6 Å². The van der Waals surface area contributed by atoms with Crippen molar-refractivity contribution in [2.45, 2.75) is 6.92 Å². The first kappa shape index (κ1) is 13.0. The largest absolute Gasteiger partial charge is 0.472 e. The van der Waals surface area contributed by atoms with Crippen LogP contribution in [0.2, 0.25) is 0 Å². The number of nitrogens with one attached hydrogen (secondary N) is 1. The van der Waals surface area contributed by atoms with Crippen LogP contribution in [-0.4, -0.2) is 39.5 Å². The van der Waals surface area contributed by atoms with Crippen LogP contribution in [0.15, 0.2) is 27.5 Å². The van der Waals surface area contributed by atoms with Crippen molar-refractivity contribution in [1.82, 2.24) is 25.8 Å². The Hall–Kier alpha value is -2.97. The summed E-state index contributed by atoms with van der Waals surface area (Å²) in [6.45, 7) is 2.21. The molecule has 1 N–H and O–H groups in total. The number of carbonyl (C=O) groups is 1. The van der Waals surface area contributed by atoms with E-state index in [0.29, 0.717) is 22.6 Å². The Bertz CT molecular complexity index is 766. The van der Waals surface area contributed by atoms with Gasteiger partial charge in [0, 0.05) is 6.20 Å². The van der Waals surface area contributed by atoms with Crippen LogP contribution < -0.4 is 10.1 Å². The second-order valence-corrected chi connectivity index (χ2v) is 4.15. The van der Waals surface area contributed by atoms with Crippen molar-refractivity contribution in [3.63, 3.8) is 0 Å². The summed E-state index contributed by atoms with van der Waals surface area (Å²) in [4.78, 5) is 16.0. The van der Waals surface area contributed by atoms with Gasteiger partial charge in [-0.25, -0.2) is 9.61 Å². The van der Waals surface area contributed by atoms with E-state index >= 15 is 0 Å². The van der Waals surface area contributed by atoms with Gasteiger partial charge in [-0.2, -0.15) is 0 Å². The maximum atomic E-state index is 12.0. The molecule has 0 aliphatic heterocycles. The maximum Gasteiger partial charge on any atom is 0.290 e. The van der Waals surface area contributed by atoms with Crippen molar-refractivity contribution in [2.24, 2.45) is 0 Å². The Kier molecular flexibility index (Phi) is 3.46. The Morgan fingerprint density at radius 2 is 2.29 bits per heavy atom. The Morgan fingerprint density at radius 3 is 3.10 bits per heavy atom. The highest BCUT2D eigenvalue weighted by Crippen LogP contribution is 2.15. The van der Waals surface area contributed by atoms with E-state index in [0.717, 1.165) is 0 Å². The van der Waals surface area contributed by atoms with Crippen LogP contribution in [0, 0.1) is 6.92 Å². The van der Waals surface area contributed by atoms with Crippen LogP contribution >= 0.6 is 0 Å². The molecule has 0 unspecified atom stereocenters. The summed E-state index contributed by atoms with van der Waals surface area (Å²) in [6.07, 6.45) is 1.58. The average molecular weight is 289 g/mol. The van der Waals surface area contributed by atoms with E-state index in [4.69, 9.17) is 9.26 Å². The molecule has 108 valence electrons. The molecule has 0 saturated carbocycles. The van der Waals surface area contributed by atoms with E-state index in [9.17, 15) is 4.79 Å². The molecule has 0 aliphatic rings. The Balaban J connectivity index is 1.56. The van der Waals surface area contributed by atoms with Crippen LogP contribution in [0.1, 0.15) is 16.2 Å². The third kappa shape index (κ3) is 2.66. The van der Waals surface area contributed by atoms with E-state index in [-0.39, 0.29) is 24.8 Å². The molecule has 0 bridgehead atoms. The van der Waals surface area contributed by atoms with Gasteiger partial charge in [-0.3, -0.25) is 4.79 Å². The third-order valence-electron chi connectivity index (χ3n) is 2.70. The first-order chi connectivity index (χ1) is 10.3. The molecule has 0 aromatic carbocycles. The number of aromatic nitrogens is 4. The molecule has 0 radical (unpaired) electrons. The summed E-state index contributed by atoms with van der Waals surface area (Å²) in [5, 5.41) is 14.1. The summed E-state index contributed by atoms with van der Waals surface area (Å²) in [5.41, 5.74) is 0.942. The molecule has 3 aromatic rings. The molecular weight excluding hydrogens is 278 g/mol. The minimum Gasteiger partial charge on any atom is -0.472 e. The lowest BCUT2D eigenvalue weighted by Gasteiger charge is -2.03. The minimum atomic E-state index is -0.385. The monoisotopic (exact) mass is 289 g/mol. The number of amides is 1. The number of rotatable bonds is 5. The molecule has 3 heterocycles. The molecule has 3 aromatic heterocycles. The van der Waals surface area contributed by atoms with Crippen molar-refractivity contribution in [3.8, 4) is 5.88 Å². The number of aryl methyl sites for hydroxylation is 1. The fraction of sp³-hybridized carbons (Fsp3) is 0.250. The number of hydrogen-bond acceptors (Lipinski definition) is 8. The van der Waals surface area contributed by atoms with E-state index in [1.54, 1.807) is 25.3 Å². The summed E-state index contributed by atoms with van der Waals surface area (Å²) in [5.74, 6) is 0.0417. The first-order valence-electron chi connectivity index (χ1n) is 6.16. The second-order valence-electron chi connectivity index (χ2n) is 4.15. The Labute approximate surface area is 118 Å². The molecule has 0 saturated heterocycles. The van der Waals surface area contributed by atoms with Gasteiger partial charge in [0.2, 0.25) is 11.4 Å². The number of ether oxygens (including phenoxy) is 1. The van der Waals surface area contributed by atoms with Gasteiger partial charge in [-0.05, 0) is 24.2 Å². The molecule has 21 heavy (non-hydrogen) atoms. The number of fused-ring (bicyclic) bond motifs is 1. The van der Waals surface area contributed by atoms with Gasteiger partial charge in [-0.1, -0.05) is 10.3 Å². The van der Waals surface area contributed by atoms with Crippen LogP contribution in [0.4, 0.5) is 0 Å². The second kappa shape index (κ2) is 5.57. The topological polar surface area (TPSA) is 116 Å². The maximum absolute atomic E-state index is 12.0. The minimum absolute atomic E-state index is 0.123. The van der Waals surface area contributed by atoms with Crippen molar-refractivity contribution < 1.29 is 18.7 Å². The van der Waals surface area contributed by atoms with E-state index < -0.39 is 0 Å². The Morgan fingerprint density at radius 1 is 1.38 bits per heavy atom. The van der Waals surface area contributed by atoms with E-state index in [1.807, 2.05) is 0 Å². The lowest BCUT2D eigenvalue weighted by Crippen LogP contribution is -2.28. The van der Waals surface area contributed by atoms with Gasteiger partial charge in [-0.15, -0.1) is 0 Å². The van der Waals surface area contributed by atoms with Gasteiger partial charge in [0.05, 0.1) is 11.9 Å². The molecule has 0 spiro atoms. The highest BCUT2D eigenvalue weighted by Gasteiger charge is 2.16. The van der Waals surface area contributed by atoms with Crippen molar-refractivity contribution in [1.29, 1.82) is 0 Å². The van der Waals surface area contributed by atoms with Crippen molar-refractivity contribution in [2.75, 3.05) is 13.2 Å². The molecule has 9 heteroatoms. The normalized spacial score (nSPS) is 10.7. The van der Waals surface area contributed by atoms with Crippen LogP contribution in [0.5, 0.6) is 5.88 Å². The standard InChI is InChI=1S/C12H11N5O4/c1-7-12(17-21-15-7)19-6-5-14-11(18)9-8-3-2-4-13-10(8)16-20-9/h2-4H,5-6H2,1H3,(H,14,18). The van der Waals surface area contributed by atoms with Gasteiger partial charge in [0.1, 0.15) is 12.3 Å². The number of pyridine rings is 1. The lowest BCUT2D eigenvalue weighted by molar-refractivity contribution is 0.0912. The molecule has 9 nitrogen and oxygen atoms in total. The zero-order valence-corrected chi connectivity index (χ0v) is 11.1. The van der Waals surface area contributed by atoms with Crippen LogP contribution in [0.25, 0.3) is 11.0 Å². The summed E-state index contributed by atoms with van der Waals surface area (Å²) < 4.78 is 14.8. The predicted molar refractivity (Wildman–Crippen MR) is 68.7 cm³/mol.